The van der Waals surface area contributed by atoms with Gasteiger partial charge >= 0.3 is 0 Å². The van der Waals surface area contributed by atoms with Gasteiger partial charge in [-0.25, -0.2) is 0 Å². The molecule has 1 aromatic heterocycles. The number of amides is 1. The number of rotatable bonds is 2. The molecule has 0 saturated carbocycles. The predicted octanol–water partition coefficient (Wildman–Crippen LogP) is 1.84. The Balaban J connectivity index is 1.52. The maximum absolute atomic E-state index is 13.0. The minimum atomic E-state index is -0.129. The first-order valence-electron chi connectivity index (χ1n) is 8.50. The minimum absolute atomic E-state index is 0.113. The molecule has 2 atom stereocenters. The summed E-state index contributed by atoms with van der Waals surface area (Å²) >= 11 is 0. The number of fused-ring (bicyclic) bond motifs is 1. The van der Waals surface area contributed by atoms with E-state index in [-0.39, 0.29) is 29.1 Å². The number of hydrogen-bond donors (Lipinski definition) is 3. The van der Waals surface area contributed by atoms with E-state index in [4.69, 9.17) is 0 Å². The van der Waals surface area contributed by atoms with Gasteiger partial charge in [-0.05, 0) is 48.9 Å². The quantitative estimate of drug-likeness (QED) is 0.786. The maximum atomic E-state index is 13.0. The number of phenols is 1. The molecule has 1 saturated heterocycles. The summed E-state index contributed by atoms with van der Waals surface area (Å²) in [6, 6.07) is 6.93. The van der Waals surface area contributed by atoms with Gasteiger partial charge in [0.25, 0.3) is 5.56 Å². The molecule has 2 unspecified atom stereocenters. The molecule has 126 valence electrons. The average Bonchev–Trinajstić information content (AvgIpc) is 3.22. The van der Waals surface area contributed by atoms with E-state index in [9.17, 15) is 14.7 Å². The Labute approximate surface area is 139 Å². The van der Waals surface area contributed by atoms with Gasteiger partial charge in [0.15, 0.2) is 0 Å². The van der Waals surface area contributed by atoms with E-state index in [2.05, 4.69) is 10.2 Å². The molecule has 3 N–H and O–H groups in total. The number of aryl methyl sites for hydroxylation is 1. The van der Waals surface area contributed by atoms with E-state index >= 15 is 0 Å². The number of phenolic OH excluding ortho intramolecular Hbond substituents is 1. The Morgan fingerprint density at radius 1 is 1.21 bits per heavy atom. The number of aromatic amines is 2. The Bertz CT molecular complexity index is 823. The van der Waals surface area contributed by atoms with Crippen molar-refractivity contribution in [2.24, 2.45) is 0 Å². The second-order valence-electron chi connectivity index (χ2n) is 6.81. The SMILES string of the molecule is O=C(C1CCCc2cc(O)ccc21)N1CCC(c2cc(=O)[nH][nH]2)C1. The molecule has 0 bridgehead atoms. The van der Waals surface area contributed by atoms with Gasteiger partial charge in [-0.2, -0.15) is 0 Å². The fourth-order valence-electron chi connectivity index (χ4n) is 4.06. The Hall–Kier alpha value is -2.50. The van der Waals surface area contributed by atoms with Crippen molar-refractivity contribution in [2.45, 2.75) is 37.5 Å². The van der Waals surface area contributed by atoms with Crippen molar-refractivity contribution < 1.29 is 9.90 Å². The van der Waals surface area contributed by atoms with E-state index in [0.29, 0.717) is 6.54 Å². The number of nitrogens with zero attached hydrogens (tertiary/aromatic N) is 1. The van der Waals surface area contributed by atoms with Gasteiger partial charge in [-0.3, -0.25) is 14.7 Å². The molecule has 2 heterocycles. The maximum Gasteiger partial charge on any atom is 0.264 e. The Morgan fingerprint density at radius 2 is 2.08 bits per heavy atom. The van der Waals surface area contributed by atoms with Crippen LogP contribution in [0.2, 0.25) is 0 Å². The van der Waals surface area contributed by atoms with E-state index in [1.807, 2.05) is 11.0 Å². The highest BCUT2D eigenvalue weighted by Crippen LogP contribution is 2.36. The lowest BCUT2D eigenvalue weighted by Gasteiger charge is -2.28. The smallest absolute Gasteiger partial charge is 0.264 e. The number of H-pyrrole nitrogens is 2. The largest absolute Gasteiger partial charge is 0.508 e. The first kappa shape index (κ1) is 15.1. The predicted molar refractivity (Wildman–Crippen MR) is 89.1 cm³/mol. The third-order valence-electron chi connectivity index (χ3n) is 5.30. The van der Waals surface area contributed by atoms with Crippen molar-refractivity contribution in [1.29, 1.82) is 0 Å². The van der Waals surface area contributed by atoms with E-state index in [0.717, 1.165) is 49.0 Å². The number of aromatic nitrogens is 2. The average molecular weight is 327 g/mol. The van der Waals surface area contributed by atoms with Crippen molar-refractivity contribution in [3.8, 4) is 5.75 Å². The van der Waals surface area contributed by atoms with Gasteiger partial charge in [-0.1, -0.05) is 6.07 Å². The summed E-state index contributed by atoms with van der Waals surface area (Å²) in [4.78, 5) is 26.2. The second kappa shape index (κ2) is 5.85. The number of hydrogen-bond acceptors (Lipinski definition) is 3. The van der Waals surface area contributed by atoms with Gasteiger partial charge in [0, 0.05) is 30.8 Å². The highest BCUT2D eigenvalue weighted by Gasteiger charge is 2.34. The van der Waals surface area contributed by atoms with Crippen LogP contribution in [-0.2, 0) is 11.2 Å². The Kier molecular flexibility index (Phi) is 3.67. The number of carbonyl (C=O) groups is 1. The fraction of sp³-hybridized carbons (Fsp3) is 0.444. The van der Waals surface area contributed by atoms with Crippen LogP contribution in [0.5, 0.6) is 5.75 Å². The molecule has 1 aromatic carbocycles. The van der Waals surface area contributed by atoms with E-state index in [1.165, 1.54) is 0 Å². The molecule has 6 nitrogen and oxygen atoms in total. The van der Waals surface area contributed by atoms with Crippen molar-refractivity contribution in [3.05, 3.63) is 51.4 Å². The fourth-order valence-corrected chi connectivity index (χ4v) is 4.06. The summed E-state index contributed by atoms with van der Waals surface area (Å²) in [6.45, 7) is 1.37. The standard InChI is InChI=1S/C18H21N3O3/c22-13-4-5-14-11(8-13)2-1-3-15(14)18(24)21-7-6-12(10-21)16-9-17(23)20-19-16/h4-5,8-9,12,15,22H,1-3,6-7,10H2,(H2,19,20,23). The van der Waals surface area contributed by atoms with Crippen LogP contribution in [0.25, 0.3) is 0 Å². The molecular weight excluding hydrogens is 306 g/mol. The Morgan fingerprint density at radius 3 is 2.88 bits per heavy atom. The number of likely N-dealkylation sites (tertiary alicyclic amines) is 1. The summed E-state index contributed by atoms with van der Waals surface area (Å²) < 4.78 is 0. The van der Waals surface area contributed by atoms with Crippen molar-refractivity contribution in [2.75, 3.05) is 13.1 Å². The van der Waals surface area contributed by atoms with Gasteiger partial charge in [-0.15, -0.1) is 0 Å². The van der Waals surface area contributed by atoms with Gasteiger partial charge in [0.05, 0.1) is 5.92 Å². The number of aromatic hydroxyl groups is 1. The van der Waals surface area contributed by atoms with Crippen LogP contribution in [0.1, 0.15) is 47.9 Å². The van der Waals surface area contributed by atoms with Crippen LogP contribution in [0.4, 0.5) is 0 Å². The van der Waals surface area contributed by atoms with Gasteiger partial charge in [0.2, 0.25) is 5.91 Å². The minimum Gasteiger partial charge on any atom is -0.508 e. The summed E-state index contributed by atoms with van der Waals surface area (Å²) in [5.74, 6) is 0.510. The molecule has 1 aliphatic carbocycles. The highest BCUT2D eigenvalue weighted by atomic mass is 16.3. The zero-order valence-corrected chi connectivity index (χ0v) is 13.4. The van der Waals surface area contributed by atoms with Crippen LogP contribution < -0.4 is 5.56 Å². The van der Waals surface area contributed by atoms with E-state index < -0.39 is 0 Å². The van der Waals surface area contributed by atoms with Gasteiger partial charge in [0.1, 0.15) is 5.75 Å². The first-order valence-corrected chi connectivity index (χ1v) is 8.50. The molecule has 0 spiro atoms. The topological polar surface area (TPSA) is 89.2 Å². The van der Waals surface area contributed by atoms with Crippen molar-refractivity contribution >= 4 is 5.91 Å². The zero-order chi connectivity index (χ0) is 16.7. The molecule has 0 radical (unpaired) electrons. The lowest BCUT2D eigenvalue weighted by molar-refractivity contribution is -0.132. The lowest BCUT2D eigenvalue weighted by atomic mass is 9.82. The van der Waals surface area contributed by atoms with Crippen molar-refractivity contribution in [3.63, 3.8) is 0 Å². The molecule has 4 rings (SSSR count). The summed E-state index contributed by atoms with van der Waals surface area (Å²) in [7, 11) is 0. The molecule has 24 heavy (non-hydrogen) atoms. The third-order valence-corrected chi connectivity index (χ3v) is 5.30. The third kappa shape index (κ3) is 2.62. The van der Waals surface area contributed by atoms with Crippen LogP contribution in [-0.4, -0.2) is 39.2 Å². The highest BCUT2D eigenvalue weighted by molar-refractivity contribution is 5.85. The van der Waals surface area contributed by atoms with E-state index in [1.54, 1.807) is 18.2 Å². The summed E-state index contributed by atoms with van der Waals surface area (Å²) in [5.41, 5.74) is 2.90. The molecular formula is C18H21N3O3. The molecule has 1 fully saturated rings. The van der Waals surface area contributed by atoms with Gasteiger partial charge < -0.3 is 15.1 Å². The second-order valence-corrected chi connectivity index (χ2v) is 6.81. The molecule has 2 aliphatic rings. The lowest BCUT2D eigenvalue weighted by Crippen LogP contribution is -2.34. The van der Waals surface area contributed by atoms with Crippen LogP contribution in [0, 0.1) is 0 Å². The van der Waals surface area contributed by atoms with Crippen LogP contribution >= 0.6 is 0 Å². The molecule has 6 heteroatoms. The first-order chi connectivity index (χ1) is 11.6. The van der Waals surface area contributed by atoms with Crippen LogP contribution in [0.3, 0.4) is 0 Å². The number of carbonyl (C=O) groups excluding carboxylic acids is 1. The van der Waals surface area contributed by atoms with Crippen LogP contribution in [0.15, 0.2) is 29.1 Å². The molecule has 1 aliphatic heterocycles. The monoisotopic (exact) mass is 327 g/mol. The summed E-state index contributed by atoms with van der Waals surface area (Å²) in [6.07, 6.45) is 3.61. The summed E-state index contributed by atoms with van der Waals surface area (Å²) in [5, 5.41) is 15.1. The molecule has 1 amide bonds. The zero-order valence-electron chi connectivity index (χ0n) is 13.4. The molecule has 2 aromatic rings. The normalized spacial score (nSPS) is 23.2. The van der Waals surface area contributed by atoms with Crippen molar-refractivity contribution in [1.82, 2.24) is 15.1 Å². The number of nitrogens with one attached hydrogen (secondary N) is 2. The number of benzene rings is 1.